The molecule has 1 aromatic rings. The van der Waals surface area contributed by atoms with Gasteiger partial charge in [0.15, 0.2) is 0 Å². The highest BCUT2D eigenvalue weighted by molar-refractivity contribution is 5.38. The van der Waals surface area contributed by atoms with Gasteiger partial charge in [-0.25, -0.2) is 0 Å². The van der Waals surface area contributed by atoms with Gasteiger partial charge in [0.25, 0.3) is 0 Å². The Morgan fingerprint density at radius 2 is 2.38 bits per heavy atom. The van der Waals surface area contributed by atoms with Gasteiger partial charge in [-0.05, 0) is 18.6 Å². The van der Waals surface area contributed by atoms with Crippen LogP contribution < -0.4 is 5.73 Å². The number of hydrogen-bond donors (Lipinski definition) is 0. The molecule has 0 aliphatic heterocycles. The molecule has 1 heterocycles. The summed E-state index contributed by atoms with van der Waals surface area (Å²) in [7, 11) is 0. The van der Waals surface area contributed by atoms with Crippen molar-refractivity contribution < 1.29 is 0 Å². The molecule has 1 radical (unpaired) electrons. The lowest BCUT2D eigenvalue weighted by Crippen LogP contribution is -1.77. The van der Waals surface area contributed by atoms with Crippen LogP contribution in [-0.4, -0.2) is 4.98 Å². The van der Waals surface area contributed by atoms with E-state index in [0.717, 1.165) is 5.56 Å². The van der Waals surface area contributed by atoms with Crippen molar-refractivity contribution in [1.82, 2.24) is 10.7 Å². The van der Waals surface area contributed by atoms with Crippen LogP contribution in [-0.2, 0) is 0 Å². The summed E-state index contributed by atoms with van der Waals surface area (Å²) in [6, 6.07) is 1.82. The van der Waals surface area contributed by atoms with Crippen molar-refractivity contribution in [3.63, 3.8) is 0 Å². The summed E-state index contributed by atoms with van der Waals surface area (Å²) in [5.41, 5.74) is 8.64. The molecule has 8 heavy (non-hydrogen) atoms. The smallest absolute Gasteiger partial charge is 0.0752 e. The van der Waals surface area contributed by atoms with Crippen molar-refractivity contribution >= 4 is 5.69 Å². The molecule has 1 rings (SSSR count). The molecular formula is C6H7N2. The van der Waals surface area contributed by atoms with E-state index in [0.29, 0.717) is 5.69 Å². The number of pyridine rings is 1. The largest absolute Gasteiger partial charge is 0.299 e. The standard InChI is InChI=1S/C6H7N2/c1-5-2-3-8-4-6(5)7/h2-4,7H,1H3. The predicted molar refractivity (Wildman–Crippen MR) is 31.7 cm³/mol. The van der Waals surface area contributed by atoms with Crippen molar-refractivity contribution in [2.75, 3.05) is 0 Å². The Hall–Kier alpha value is -1.05. The van der Waals surface area contributed by atoms with E-state index in [9.17, 15) is 0 Å². The number of aromatic nitrogens is 1. The van der Waals surface area contributed by atoms with Crippen molar-refractivity contribution in [2.24, 2.45) is 0 Å². The maximum Gasteiger partial charge on any atom is 0.0752 e. The highest BCUT2D eigenvalue weighted by Gasteiger charge is 1.86. The van der Waals surface area contributed by atoms with E-state index in [1.54, 1.807) is 6.20 Å². The molecule has 0 aliphatic carbocycles. The second-order valence-electron chi connectivity index (χ2n) is 1.69. The van der Waals surface area contributed by atoms with Crippen molar-refractivity contribution in [3.8, 4) is 0 Å². The summed E-state index contributed by atoms with van der Waals surface area (Å²) in [5, 5.41) is 0. The first-order chi connectivity index (χ1) is 3.80. The van der Waals surface area contributed by atoms with E-state index in [1.807, 2.05) is 13.0 Å². The Labute approximate surface area is 48.4 Å². The zero-order valence-electron chi connectivity index (χ0n) is 4.68. The van der Waals surface area contributed by atoms with Crippen LogP contribution in [0.4, 0.5) is 5.69 Å². The van der Waals surface area contributed by atoms with Gasteiger partial charge in [-0.3, -0.25) is 10.7 Å². The lowest BCUT2D eigenvalue weighted by Gasteiger charge is -1.91. The average Bonchev–Trinajstić information content (AvgIpc) is 1.77. The number of hydrogen-bond acceptors (Lipinski definition) is 1. The number of nitrogens with one attached hydrogen (secondary N) is 1. The first-order valence-electron chi connectivity index (χ1n) is 2.43. The van der Waals surface area contributed by atoms with Gasteiger partial charge in [0.05, 0.1) is 11.9 Å². The van der Waals surface area contributed by atoms with Crippen LogP contribution >= 0.6 is 0 Å². The second-order valence-corrected chi connectivity index (χ2v) is 1.69. The third-order valence-electron chi connectivity index (χ3n) is 1.04. The van der Waals surface area contributed by atoms with Crippen molar-refractivity contribution in [1.29, 1.82) is 0 Å². The van der Waals surface area contributed by atoms with Crippen molar-refractivity contribution in [2.45, 2.75) is 6.92 Å². The molecule has 0 aliphatic rings. The van der Waals surface area contributed by atoms with Gasteiger partial charge in [-0.2, -0.15) is 0 Å². The summed E-state index contributed by atoms with van der Waals surface area (Å²) >= 11 is 0. The molecule has 2 heteroatoms. The molecule has 0 bridgehead atoms. The fourth-order valence-corrected chi connectivity index (χ4v) is 0.464. The summed E-state index contributed by atoms with van der Waals surface area (Å²) in [5.74, 6) is 0. The van der Waals surface area contributed by atoms with E-state index in [4.69, 9.17) is 5.73 Å². The average molecular weight is 107 g/mol. The molecule has 0 amide bonds. The van der Waals surface area contributed by atoms with E-state index >= 15 is 0 Å². The van der Waals surface area contributed by atoms with Gasteiger partial charge < -0.3 is 0 Å². The molecule has 0 saturated carbocycles. The topological polar surface area (TPSA) is 36.7 Å². The zero-order valence-corrected chi connectivity index (χ0v) is 4.68. The second kappa shape index (κ2) is 1.82. The van der Waals surface area contributed by atoms with E-state index < -0.39 is 0 Å². The molecule has 2 nitrogen and oxygen atoms in total. The quantitative estimate of drug-likeness (QED) is 0.492. The van der Waals surface area contributed by atoms with Gasteiger partial charge in [-0.1, -0.05) is 0 Å². The molecule has 0 atom stereocenters. The highest BCUT2D eigenvalue weighted by atomic mass is 14.7. The Morgan fingerprint density at radius 1 is 1.62 bits per heavy atom. The van der Waals surface area contributed by atoms with Gasteiger partial charge in [0.1, 0.15) is 0 Å². The molecule has 0 fully saturated rings. The number of rotatable bonds is 0. The molecule has 0 unspecified atom stereocenters. The molecule has 0 spiro atoms. The minimum absolute atomic E-state index is 0.507. The van der Waals surface area contributed by atoms with Crippen LogP contribution in [0, 0.1) is 6.92 Å². The summed E-state index contributed by atoms with van der Waals surface area (Å²) < 4.78 is 0. The lowest BCUT2D eigenvalue weighted by molar-refractivity contribution is 1.25. The Kier molecular flexibility index (Phi) is 1.16. The van der Waals surface area contributed by atoms with Gasteiger partial charge in [-0.15, -0.1) is 0 Å². The molecule has 0 saturated heterocycles. The van der Waals surface area contributed by atoms with Crippen LogP contribution in [0.15, 0.2) is 18.5 Å². The summed E-state index contributed by atoms with van der Waals surface area (Å²) in [6.45, 7) is 1.89. The van der Waals surface area contributed by atoms with E-state index in [2.05, 4.69) is 4.98 Å². The first-order valence-corrected chi connectivity index (χ1v) is 2.43. The van der Waals surface area contributed by atoms with Gasteiger partial charge in [0, 0.05) is 6.20 Å². The van der Waals surface area contributed by atoms with Crippen LogP contribution in [0.25, 0.3) is 0 Å². The Balaban J connectivity index is 3.13. The zero-order chi connectivity index (χ0) is 5.98. The maximum absolute atomic E-state index is 7.16. The number of nitrogens with zero attached hydrogens (tertiary/aromatic N) is 1. The molecule has 41 valence electrons. The third kappa shape index (κ3) is 0.780. The number of aryl methyl sites for hydroxylation is 1. The maximum atomic E-state index is 7.16. The summed E-state index contributed by atoms with van der Waals surface area (Å²) in [6.07, 6.45) is 3.22. The minimum Gasteiger partial charge on any atom is -0.299 e. The van der Waals surface area contributed by atoms with E-state index in [-0.39, 0.29) is 0 Å². The van der Waals surface area contributed by atoms with Crippen molar-refractivity contribution in [3.05, 3.63) is 24.0 Å². The van der Waals surface area contributed by atoms with Crippen LogP contribution in [0.2, 0.25) is 0 Å². The molecule has 0 aromatic carbocycles. The van der Waals surface area contributed by atoms with E-state index in [1.165, 1.54) is 6.20 Å². The fourth-order valence-electron chi connectivity index (χ4n) is 0.464. The normalized spacial score (nSPS) is 9.12. The van der Waals surface area contributed by atoms with Crippen LogP contribution in [0.5, 0.6) is 0 Å². The summed E-state index contributed by atoms with van der Waals surface area (Å²) in [4.78, 5) is 3.76. The fraction of sp³-hybridized carbons (Fsp3) is 0.167. The Morgan fingerprint density at radius 3 is 2.75 bits per heavy atom. The monoisotopic (exact) mass is 107 g/mol. The predicted octanol–water partition coefficient (Wildman–Crippen LogP) is 1.30. The molecule has 1 N–H and O–H groups in total. The SMILES string of the molecule is Cc1ccncc1[NH]. The third-order valence-corrected chi connectivity index (χ3v) is 1.04. The van der Waals surface area contributed by atoms with Crippen LogP contribution in [0.1, 0.15) is 5.56 Å². The Bertz CT molecular complexity index is 163. The highest BCUT2D eigenvalue weighted by Crippen LogP contribution is 2.06. The minimum atomic E-state index is 0.507. The van der Waals surface area contributed by atoms with Gasteiger partial charge in [0.2, 0.25) is 0 Å². The lowest BCUT2D eigenvalue weighted by atomic mass is 10.3. The molecule has 1 aromatic heterocycles. The van der Waals surface area contributed by atoms with Gasteiger partial charge >= 0.3 is 0 Å². The molecular weight excluding hydrogens is 100 g/mol. The van der Waals surface area contributed by atoms with Crippen LogP contribution in [0.3, 0.4) is 0 Å². The first kappa shape index (κ1) is 5.09.